The van der Waals surface area contributed by atoms with Gasteiger partial charge in [-0.1, -0.05) is 80.5 Å². The molecular weight excluding hydrogens is 488 g/mol. The molecule has 6 rings (SSSR count). The van der Waals surface area contributed by atoms with Crippen molar-refractivity contribution in [2.24, 2.45) is 16.2 Å². The molecule has 0 fully saturated rings. The van der Waals surface area contributed by atoms with Crippen LogP contribution in [-0.4, -0.2) is 9.97 Å². The topological polar surface area (TPSA) is 35.0 Å². The fraction of sp³-hybridized carbons (Fsp3) is 0.405. The molecule has 3 heteroatoms. The zero-order chi connectivity index (χ0) is 28.6. The maximum absolute atomic E-state index is 6.90. The Morgan fingerprint density at radius 3 is 2.08 bits per heavy atom. The number of fused-ring (bicyclic) bond motifs is 5. The van der Waals surface area contributed by atoms with Crippen LogP contribution in [0.25, 0.3) is 43.6 Å². The number of nitrogens with zero attached hydrogens (tertiary/aromatic N) is 2. The summed E-state index contributed by atoms with van der Waals surface area (Å²) in [6, 6.07) is 15.9. The van der Waals surface area contributed by atoms with Gasteiger partial charge >= 0.3 is 0 Å². The summed E-state index contributed by atoms with van der Waals surface area (Å²) in [5.41, 5.74) is 6.38. The molecule has 3 aromatic carbocycles. The van der Waals surface area contributed by atoms with E-state index in [-0.39, 0.29) is 16.2 Å². The van der Waals surface area contributed by atoms with Crippen molar-refractivity contribution in [1.29, 1.82) is 0 Å². The minimum Gasteiger partial charge on any atom is -0.456 e. The third kappa shape index (κ3) is 5.07. The van der Waals surface area contributed by atoms with Crippen molar-refractivity contribution < 1.29 is 4.74 Å². The van der Waals surface area contributed by atoms with Crippen LogP contribution in [0.2, 0.25) is 0 Å². The number of rotatable bonds is 3. The molecule has 0 unspecified atom stereocenters. The fourth-order valence-corrected chi connectivity index (χ4v) is 6.27. The lowest BCUT2D eigenvalue weighted by molar-refractivity contribution is 0.400. The minimum absolute atomic E-state index is 0.103. The van der Waals surface area contributed by atoms with Crippen LogP contribution in [0.3, 0.4) is 0 Å². The van der Waals surface area contributed by atoms with E-state index < -0.39 is 0 Å². The molecule has 3 heterocycles. The number of ether oxygens (including phenoxy) is 1. The molecule has 5 aromatic rings. The van der Waals surface area contributed by atoms with Crippen LogP contribution in [0.5, 0.6) is 11.5 Å². The maximum Gasteiger partial charge on any atom is 0.140 e. The molecule has 0 N–H and O–H groups in total. The Morgan fingerprint density at radius 2 is 1.38 bits per heavy atom. The van der Waals surface area contributed by atoms with E-state index in [0.29, 0.717) is 0 Å². The number of aromatic nitrogens is 2. The first-order valence-corrected chi connectivity index (χ1v) is 14.6. The molecular formula is C37H42N2O. The summed E-state index contributed by atoms with van der Waals surface area (Å²) in [7, 11) is 0. The van der Waals surface area contributed by atoms with Gasteiger partial charge in [-0.05, 0) is 86.9 Å². The van der Waals surface area contributed by atoms with Gasteiger partial charge < -0.3 is 4.74 Å². The van der Waals surface area contributed by atoms with Crippen molar-refractivity contribution in [3.8, 4) is 22.8 Å². The van der Waals surface area contributed by atoms with Crippen molar-refractivity contribution in [3.05, 3.63) is 71.7 Å². The summed E-state index contributed by atoms with van der Waals surface area (Å²) in [5, 5.41) is 7.14. The Hall–Kier alpha value is -3.46. The van der Waals surface area contributed by atoms with Gasteiger partial charge in [0, 0.05) is 34.6 Å². The SMILES string of the molecule is CC(C)(C)Cc1ccc2c(CC(C)(C)C)c3c(cc2c1)-c1nccc2c1c(cc1cnc(CC(C)(C)C)cc12)O3. The van der Waals surface area contributed by atoms with E-state index in [9.17, 15) is 0 Å². The van der Waals surface area contributed by atoms with E-state index in [0.717, 1.165) is 58.5 Å². The first-order valence-electron chi connectivity index (χ1n) is 14.6. The highest BCUT2D eigenvalue weighted by atomic mass is 16.5. The summed E-state index contributed by atoms with van der Waals surface area (Å²) in [5.74, 6) is 1.83. The van der Waals surface area contributed by atoms with Gasteiger partial charge in [0.25, 0.3) is 0 Å². The number of hydrogen-bond acceptors (Lipinski definition) is 3. The van der Waals surface area contributed by atoms with Gasteiger partial charge in [-0.25, -0.2) is 0 Å². The number of hydrogen-bond donors (Lipinski definition) is 0. The van der Waals surface area contributed by atoms with Gasteiger partial charge in [0.05, 0.1) is 11.1 Å². The van der Waals surface area contributed by atoms with Gasteiger partial charge in [-0.3, -0.25) is 9.97 Å². The second-order valence-corrected chi connectivity index (χ2v) is 15.5. The highest BCUT2D eigenvalue weighted by Crippen LogP contribution is 2.51. The lowest BCUT2D eigenvalue weighted by Gasteiger charge is -2.28. The quantitative estimate of drug-likeness (QED) is 0.213. The molecule has 0 saturated carbocycles. The average Bonchev–Trinajstić information content (AvgIpc) is 2.82. The van der Waals surface area contributed by atoms with Gasteiger partial charge in [0.2, 0.25) is 0 Å². The Kier molecular flexibility index (Phi) is 6.04. The average molecular weight is 531 g/mol. The van der Waals surface area contributed by atoms with Crippen LogP contribution in [0, 0.1) is 16.2 Å². The summed E-state index contributed by atoms with van der Waals surface area (Å²) < 4.78 is 6.90. The van der Waals surface area contributed by atoms with Crippen LogP contribution < -0.4 is 4.74 Å². The van der Waals surface area contributed by atoms with E-state index in [1.807, 2.05) is 12.4 Å². The normalized spacial score (nSPS) is 13.6. The lowest BCUT2D eigenvalue weighted by Crippen LogP contribution is -2.13. The first kappa shape index (κ1) is 26.7. The standard InChI is InChI=1S/C37H42N2O/c1-35(2,3)18-22-10-11-26-23(14-22)15-29-33-32-27(12-13-38-33)28-17-25(19-36(4,5)6)39-21-24(28)16-31(32)40-34(29)30(26)20-37(7,8)9/h10-17,21H,18-20H2,1-9H3. The van der Waals surface area contributed by atoms with E-state index in [1.165, 1.54) is 32.7 Å². The van der Waals surface area contributed by atoms with Gasteiger partial charge in [-0.15, -0.1) is 0 Å². The molecule has 40 heavy (non-hydrogen) atoms. The third-order valence-electron chi connectivity index (χ3n) is 7.65. The number of benzene rings is 3. The van der Waals surface area contributed by atoms with Crippen molar-refractivity contribution in [3.63, 3.8) is 0 Å². The molecule has 2 aromatic heterocycles. The molecule has 0 bridgehead atoms. The zero-order valence-corrected chi connectivity index (χ0v) is 25.6. The molecule has 1 aliphatic rings. The summed E-state index contributed by atoms with van der Waals surface area (Å²) >= 11 is 0. The number of pyridine rings is 2. The largest absolute Gasteiger partial charge is 0.456 e. The molecule has 1 aliphatic heterocycles. The molecule has 0 amide bonds. The fourth-order valence-electron chi connectivity index (χ4n) is 6.27. The van der Waals surface area contributed by atoms with Crippen LogP contribution >= 0.6 is 0 Å². The first-order chi connectivity index (χ1) is 18.7. The summed E-state index contributed by atoms with van der Waals surface area (Å²) in [4.78, 5) is 9.83. The van der Waals surface area contributed by atoms with Crippen molar-refractivity contribution in [2.75, 3.05) is 0 Å². The predicted octanol–water partition coefficient (Wildman–Crippen LogP) is 10.5. The highest BCUT2D eigenvalue weighted by Gasteiger charge is 2.29. The second-order valence-electron chi connectivity index (χ2n) is 15.5. The summed E-state index contributed by atoms with van der Waals surface area (Å²) in [6.45, 7) is 20.6. The van der Waals surface area contributed by atoms with Crippen LogP contribution in [0.1, 0.15) is 79.1 Å². The van der Waals surface area contributed by atoms with Crippen molar-refractivity contribution in [2.45, 2.75) is 81.6 Å². The predicted molar refractivity (Wildman–Crippen MR) is 170 cm³/mol. The van der Waals surface area contributed by atoms with Crippen LogP contribution in [-0.2, 0) is 19.3 Å². The van der Waals surface area contributed by atoms with Gasteiger partial charge in [-0.2, -0.15) is 0 Å². The van der Waals surface area contributed by atoms with E-state index in [2.05, 4.69) is 105 Å². The van der Waals surface area contributed by atoms with Gasteiger partial charge in [0.1, 0.15) is 11.5 Å². The summed E-state index contributed by atoms with van der Waals surface area (Å²) in [6.07, 6.45) is 6.87. The van der Waals surface area contributed by atoms with Crippen LogP contribution in [0.4, 0.5) is 0 Å². The lowest BCUT2D eigenvalue weighted by atomic mass is 9.82. The molecule has 0 radical (unpaired) electrons. The van der Waals surface area contributed by atoms with Crippen molar-refractivity contribution in [1.82, 2.24) is 9.97 Å². The molecule has 3 nitrogen and oxygen atoms in total. The highest BCUT2D eigenvalue weighted by molar-refractivity contribution is 6.16. The zero-order valence-electron chi connectivity index (χ0n) is 25.6. The molecule has 0 saturated heterocycles. The smallest absolute Gasteiger partial charge is 0.140 e. The molecule has 0 atom stereocenters. The van der Waals surface area contributed by atoms with E-state index >= 15 is 0 Å². The monoisotopic (exact) mass is 530 g/mol. The maximum atomic E-state index is 6.90. The second kappa shape index (κ2) is 9.03. The Balaban J connectivity index is 1.62. The van der Waals surface area contributed by atoms with E-state index in [4.69, 9.17) is 14.7 Å². The Labute approximate surface area is 239 Å². The molecule has 0 aliphatic carbocycles. The molecule has 0 spiro atoms. The van der Waals surface area contributed by atoms with Crippen LogP contribution in [0.15, 0.2) is 54.9 Å². The van der Waals surface area contributed by atoms with Crippen molar-refractivity contribution >= 4 is 32.3 Å². The Morgan fingerprint density at radius 1 is 0.650 bits per heavy atom. The van der Waals surface area contributed by atoms with Gasteiger partial charge in [0.15, 0.2) is 0 Å². The van der Waals surface area contributed by atoms with E-state index in [1.54, 1.807) is 0 Å². The molecule has 206 valence electrons. The Bertz CT molecular complexity index is 1790. The minimum atomic E-state index is 0.103. The third-order valence-corrected chi connectivity index (χ3v) is 7.65.